The molecule has 2 atom stereocenters. The Morgan fingerprint density at radius 3 is 3.00 bits per heavy atom. The van der Waals surface area contributed by atoms with E-state index in [0.717, 1.165) is 29.4 Å². The fourth-order valence-corrected chi connectivity index (χ4v) is 3.13. The van der Waals surface area contributed by atoms with Gasteiger partial charge < -0.3 is 10.1 Å². The predicted octanol–water partition coefficient (Wildman–Crippen LogP) is 1.92. The topological polar surface area (TPSA) is 50.4 Å². The van der Waals surface area contributed by atoms with E-state index in [2.05, 4.69) is 17.6 Å². The van der Waals surface area contributed by atoms with Crippen LogP contribution in [-0.2, 0) is 4.79 Å². The molecule has 2 rings (SSSR count). The molecule has 1 aromatic carbocycles. The summed E-state index contributed by atoms with van der Waals surface area (Å²) in [6.07, 6.45) is 0.839. The number of methoxy groups -OCH3 is 1. The molecule has 2 N–H and O–H groups in total. The molecule has 1 saturated heterocycles. The Labute approximate surface area is 118 Å². The summed E-state index contributed by atoms with van der Waals surface area (Å²) < 4.78 is 5.36. The first-order valence-electron chi connectivity index (χ1n) is 6.50. The van der Waals surface area contributed by atoms with Gasteiger partial charge in [-0.25, -0.2) is 0 Å². The van der Waals surface area contributed by atoms with Crippen molar-refractivity contribution < 1.29 is 9.53 Å². The van der Waals surface area contributed by atoms with Crippen LogP contribution in [0.5, 0.6) is 5.75 Å². The van der Waals surface area contributed by atoms with Crippen molar-refractivity contribution in [2.45, 2.75) is 25.4 Å². The van der Waals surface area contributed by atoms with E-state index in [-0.39, 0.29) is 18.0 Å². The van der Waals surface area contributed by atoms with Gasteiger partial charge in [0, 0.05) is 17.2 Å². The molecular weight excluding hydrogens is 260 g/mol. The summed E-state index contributed by atoms with van der Waals surface area (Å²) in [7, 11) is 1.66. The number of hydrogen-bond donors (Lipinski definition) is 2. The van der Waals surface area contributed by atoms with Crippen LogP contribution in [0.15, 0.2) is 24.3 Å². The second kappa shape index (κ2) is 6.82. The average molecular weight is 280 g/mol. The van der Waals surface area contributed by atoms with Gasteiger partial charge in [-0.2, -0.15) is 0 Å². The van der Waals surface area contributed by atoms with E-state index in [1.807, 2.05) is 24.3 Å². The number of para-hydroxylation sites is 1. The van der Waals surface area contributed by atoms with Crippen molar-refractivity contribution in [1.29, 1.82) is 0 Å². The number of rotatable bonds is 5. The van der Waals surface area contributed by atoms with E-state index in [0.29, 0.717) is 0 Å². The molecule has 104 valence electrons. The molecule has 0 saturated carbocycles. The molecule has 1 aromatic rings. The zero-order chi connectivity index (χ0) is 13.7. The zero-order valence-electron chi connectivity index (χ0n) is 11.3. The number of amides is 1. The summed E-state index contributed by atoms with van der Waals surface area (Å²) in [5.74, 6) is 2.59. The van der Waals surface area contributed by atoms with Gasteiger partial charge >= 0.3 is 0 Å². The summed E-state index contributed by atoms with van der Waals surface area (Å²) in [5.41, 5.74) is 1.03. The maximum absolute atomic E-state index is 12.2. The largest absolute Gasteiger partial charge is 0.496 e. The van der Waals surface area contributed by atoms with Crippen molar-refractivity contribution in [2.75, 3.05) is 18.7 Å². The van der Waals surface area contributed by atoms with Crippen LogP contribution in [0.4, 0.5) is 0 Å². The molecule has 0 aliphatic carbocycles. The molecular formula is C14H20N2O2S. The Morgan fingerprint density at radius 2 is 2.37 bits per heavy atom. The van der Waals surface area contributed by atoms with E-state index < -0.39 is 0 Å². The number of benzene rings is 1. The number of nitrogens with one attached hydrogen (secondary N) is 2. The molecule has 4 nitrogen and oxygen atoms in total. The zero-order valence-corrected chi connectivity index (χ0v) is 12.1. The molecule has 5 heteroatoms. The average Bonchev–Trinajstić information content (AvgIpc) is 2.98. The lowest BCUT2D eigenvalue weighted by atomic mass is 10.0. The predicted molar refractivity (Wildman–Crippen MR) is 78.4 cm³/mol. The number of carbonyl (C=O) groups is 1. The van der Waals surface area contributed by atoms with Gasteiger partial charge in [-0.15, -0.1) is 11.8 Å². The van der Waals surface area contributed by atoms with Crippen LogP contribution >= 0.6 is 11.8 Å². The summed E-state index contributed by atoms with van der Waals surface area (Å²) in [6.45, 7) is 2.06. The second-order valence-electron chi connectivity index (χ2n) is 4.48. The summed E-state index contributed by atoms with van der Waals surface area (Å²) in [4.78, 5) is 12.2. The molecule has 1 aliphatic heterocycles. The Kier molecular flexibility index (Phi) is 5.10. The van der Waals surface area contributed by atoms with E-state index in [9.17, 15) is 4.79 Å². The summed E-state index contributed by atoms with van der Waals surface area (Å²) in [6, 6.07) is 7.75. The molecule has 1 fully saturated rings. The Hall–Kier alpha value is -1.20. The number of hydrogen-bond acceptors (Lipinski definition) is 4. The van der Waals surface area contributed by atoms with Gasteiger partial charge in [0.15, 0.2) is 0 Å². The fourth-order valence-electron chi connectivity index (χ4n) is 2.19. The van der Waals surface area contributed by atoms with E-state index in [1.54, 1.807) is 18.9 Å². The number of ether oxygens (including phenoxy) is 1. The van der Waals surface area contributed by atoms with Crippen molar-refractivity contribution in [1.82, 2.24) is 10.6 Å². The van der Waals surface area contributed by atoms with Crippen molar-refractivity contribution in [3.05, 3.63) is 29.8 Å². The van der Waals surface area contributed by atoms with Crippen LogP contribution in [0.2, 0.25) is 0 Å². The van der Waals surface area contributed by atoms with Gasteiger partial charge in [-0.1, -0.05) is 25.1 Å². The lowest BCUT2D eigenvalue weighted by Gasteiger charge is -2.21. The molecule has 19 heavy (non-hydrogen) atoms. The van der Waals surface area contributed by atoms with Gasteiger partial charge in [0.1, 0.15) is 5.75 Å². The highest BCUT2D eigenvalue weighted by molar-refractivity contribution is 7.99. The van der Waals surface area contributed by atoms with Crippen LogP contribution in [0.1, 0.15) is 24.9 Å². The van der Waals surface area contributed by atoms with Crippen molar-refractivity contribution in [3.63, 3.8) is 0 Å². The molecule has 1 amide bonds. The van der Waals surface area contributed by atoms with Crippen molar-refractivity contribution in [3.8, 4) is 5.75 Å². The van der Waals surface area contributed by atoms with Crippen LogP contribution in [0.25, 0.3) is 0 Å². The van der Waals surface area contributed by atoms with Gasteiger partial charge in [-0.3, -0.25) is 10.1 Å². The van der Waals surface area contributed by atoms with Crippen LogP contribution in [0, 0.1) is 0 Å². The first-order chi connectivity index (χ1) is 9.26. The van der Waals surface area contributed by atoms with Gasteiger partial charge in [0.2, 0.25) is 5.91 Å². The second-order valence-corrected chi connectivity index (χ2v) is 5.51. The molecule has 0 bridgehead atoms. The molecule has 0 spiro atoms. The Balaban J connectivity index is 2.08. The lowest BCUT2D eigenvalue weighted by molar-refractivity contribution is -0.123. The standard InChI is InChI=1S/C14H20N2O2S/c1-3-11(10-6-4-5-7-13(10)18-2)16-14(17)12-8-19-9-15-12/h4-7,11-12,15H,3,8-9H2,1-2H3,(H,16,17). The maximum Gasteiger partial charge on any atom is 0.238 e. The third-order valence-corrected chi connectivity index (χ3v) is 4.21. The van der Waals surface area contributed by atoms with E-state index >= 15 is 0 Å². The first kappa shape index (κ1) is 14.2. The van der Waals surface area contributed by atoms with Crippen molar-refractivity contribution >= 4 is 17.7 Å². The van der Waals surface area contributed by atoms with Gasteiger partial charge in [0.25, 0.3) is 0 Å². The quantitative estimate of drug-likeness (QED) is 0.865. The molecule has 1 heterocycles. The fraction of sp³-hybridized carbons (Fsp3) is 0.500. The van der Waals surface area contributed by atoms with Crippen molar-refractivity contribution in [2.24, 2.45) is 0 Å². The monoisotopic (exact) mass is 280 g/mol. The smallest absolute Gasteiger partial charge is 0.238 e. The number of carbonyl (C=O) groups excluding carboxylic acids is 1. The summed E-state index contributed by atoms with van der Waals surface area (Å²) >= 11 is 1.75. The minimum atomic E-state index is -0.0752. The summed E-state index contributed by atoms with van der Waals surface area (Å²) in [5, 5.41) is 6.29. The van der Waals surface area contributed by atoms with E-state index in [1.165, 1.54) is 0 Å². The van der Waals surface area contributed by atoms with E-state index in [4.69, 9.17) is 4.74 Å². The normalized spacial score (nSPS) is 20.0. The molecule has 1 aliphatic rings. The van der Waals surface area contributed by atoms with Crippen LogP contribution < -0.4 is 15.4 Å². The highest BCUT2D eigenvalue weighted by Crippen LogP contribution is 2.27. The number of thioether (sulfide) groups is 1. The SMILES string of the molecule is CCC(NC(=O)C1CSCN1)c1ccccc1OC. The molecule has 0 aromatic heterocycles. The Morgan fingerprint density at radius 1 is 1.58 bits per heavy atom. The van der Waals surface area contributed by atoms with Gasteiger partial charge in [-0.05, 0) is 12.5 Å². The van der Waals surface area contributed by atoms with Crippen LogP contribution in [-0.4, -0.2) is 30.7 Å². The minimum Gasteiger partial charge on any atom is -0.496 e. The molecule has 2 unspecified atom stereocenters. The minimum absolute atomic E-state index is 0.00366. The first-order valence-corrected chi connectivity index (χ1v) is 7.66. The Bertz CT molecular complexity index is 433. The highest BCUT2D eigenvalue weighted by atomic mass is 32.2. The third kappa shape index (κ3) is 3.42. The maximum atomic E-state index is 12.2. The van der Waals surface area contributed by atoms with Crippen LogP contribution in [0.3, 0.4) is 0 Å². The molecule has 0 radical (unpaired) electrons. The third-order valence-electron chi connectivity index (χ3n) is 3.27. The highest BCUT2D eigenvalue weighted by Gasteiger charge is 2.25. The lowest BCUT2D eigenvalue weighted by Crippen LogP contribution is -2.43. The van der Waals surface area contributed by atoms with Gasteiger partial charge in [0.05, 0.1) is 19.2 Å².